The molecule has 0 saturated heterocycles. The molecule has 0 bridgehead atoms. The van der Waals surface area contributed by atoms with Crippen LogP contribution >= 0.6 is 0 Å². The lowest BCUT2D eigenvalue weighted by atomic mass is 9.96. The highest BCUT2D eigenvalue weighted by atomic mass is 16.5. The molecule has 15 heavy (non-hydrogen) atoms. The van der Waals surface area contributed by atoms with Gasteiger partial charge in [-0.25, -0.2) is 0 Å². The van der Waals surface area contributed by atoms with Crippen molar-refractivity contribution in [2.75, 3.05) is 6.61 Å². The fourth-order valence-corrected chi connectivity index (χ4v) is 1.33. The summed E-state index contributed by atoms with van der Waals surface area (Å²) in [5.74, 6) is 0.159. The zero-order valence-electron chi connectivity index (χ0n) is 9.48. The Hall–Kier alpha value is -1.39. The van der Waals surface area contributed by atoms with E-state index in [2.05, 4.69) is 10.1 Å². The van der Waals surface area contributed by atoms with E-state index < -0.39 is 5.92 Å². The van der Waals surface area contributed by atoms with Gasteiger partial charge in [-0.2, -0.15) is 4.98 Å². The number of rotatable bonds is 4. The third kappa shape index (κ3) is 2.78. The van der Waals surface area contributed by atoms with Crippen molar-refractivity contribution in [1.29, 1.82) is 0 Å². The van der Waals surface area contributed by atoms with Gasteiger partial charge in [0, 0.05) is 0 Å². The molecule has 1 rings (SSSR count). The first-order chi connectivity index (χ1) is 7.06. The lowest BCUT2D eigenvalue weighted by molar-refractivity contribution is -0.146. The van der Waals surface area contributed by atoms with Crippen LogP contribution in [-0.4, -0.2) is 22.7 Å². The molecule has 5 nitrogen and oxygen atoms in total. The lowest BCUT2D eigenvalue weighted by Gasteiger charge is -2.14. The zero-order valence-corrected chi connectivity index (χ0v) is 9.48. The summed E-state index contributed by atoms with van der Waals surface area (Å²) in [6.45, 7) is 7.68. The van der Waals surface area contributed by atoms with Gasteiger partial charge in [-0.1, -0.05) is 19.0 Å². The predicted octanol–water partition coefficient (Wildman–Crippen LogP) is 1.68. The second-order valence-electron chi connectivity index (χ2n) is 3.65. The molecule has 0 fully saturated rings. The van der Waals surface area contributed by atoms with Gasteiger partial charge in [0.15, 0.2) is 5.82 Å². The van der Waals surface area contributed by atoms with E-state index in [1.165, 1.54) is 0 Å². The van der Waals surface area contributed by atoms with Gasteiger partial charge in [0.2, 0.25) is 5.89 Å². The summed E-state index contributed by atoms with van der Waals surface area (Å²) in [6, 6.07) is 0. The number of aromatic nitrogens is 2. The first-order valence-electron chi connectivity index (χ1n) is 5.03. The normalized spacial score (nSPS) is 12.9. The van der Waals surface area contributed by atoms with Gasteiger partial charge in [-0.05, 0) is 19.8 Å². The van der Waals surface area contributed by atoms with Crippen molar-refractivity contribution in [2.24, 2.45) is 5.92 Å². The SMILES string of the molecule is CCOC(=O)C(c1nc(C)no1)C(C)C. The number of hydrogen-bond donors (Lipinski definition) is 0. The lowest BCUT2D eigenvalue weighted by Crippen LogP contribution is -2.21. The van der Waals surface area contributed by atoms with Crippen molar-refractivity contribution in [3.05, 3.63) is 11.7 Å². The molecule has 0 amide bonds. The van der Waals surface area contributed by atoms with Crippen molar-refractivity contribution in [3.63, 3.8) is 0 Å². The van der Waals surface area contributed by atoms with Crippen LogP contribution in [0.3, 0.4) is 0 Å². The summed E-state index contributed by atoms with van der Waals surface area (Å²) in [5.41, 5.74) is 0. The molecular formula is C10H16N2O3. The summed E-state index contributed by atoms with van der Waals surface area (Å²) in [6.07, 6.45) is 0. The van der Waals surface area contributed by atoms with E-state index in [4.69, 9.17) is 9.26 Å². The third-order valence-electron chi connectivity index (χ3n) is 2.02. The van der Waals surface area contributed by atoms with Crippen molar-refractivity contribution >= 4 is 5.97 Å². The summed E-state index contributed by atoms with van der Waals surface area (Å²) >= 11 is 0. The number of carbonyl (C=O) groups is 1. The highest BCUT2D eigenvalue weighted by Crippen LogP contribution is 2.24. The van der Waals surface area contributed by atoms with Crippen LogP contribution in [0.2, 0.25) is 0 Å². The monoisotopic (exact) mass is 212 g/mol. The maximum atomic E-state index is 11.6. The molecule has 1 unspecified atom stereocenters. The Bertz CT molecular complexity index is 333. The van der Waals surface area contributed by atoms with E-state index in [0.29, 0.717) is 18.3 Å². The van der Waals surface area contributed by atoms with E-state index in [9.17, 15) is 4.79 Å². The highest BCUT2D eigenvalue weighted by molar-refractivity contribution is 5.77. The van der Waals surface area contributed by atoms with Crippen molar-refractivity contribution in [1.82, 2.24) is 10.1 Å². The van der Waals surface area contributed by atoms with Gasteiger partial charge < -0.3 is 9.26 Å². The van der Waals surface area contributed by atoms with Crippen LogP contribution in [-0.2, 0) is 9.53 Å². The van der Waals surface area contributed by atoms with Crippen LogP contribution in [0.15, 0.2) is 4.52 Å². The molecule has 5 heteroatoms. The maximum Gasteiger partial charge on any atom is 0.318 e. The van der Waals surface area contributed by atoms with Crippen LogP contribution in [0.5, 0.6) is 0 Å². The topological polar surface area (TPSA) is 65.2 Å². The maximum absolute atomic E-state index is 11.6. The summed E-state index contributed by atoms with van der Waals surface area (Å²) < 4.78 is 9.96. The molecule has 1 aromatic heterocycles. The van der Waals surface area contributed by atoms with Crippen LogP contribution in [0.4, 0.5) is 0 Å². The number of esters is 1. The number of aryl methyl sites for hydroxylation is 1. The van der Waals surface area contributed by atoms with Crippen molar-refractivity contribution < 1.29 is 14.1 Å². The van der Waals surface area contributed by atoms with Crippen LogP contribution in [0.1, 0.15) is 38.4 Å². The average Bonchev–Trinajstić information content (AvgIpc) is 2.51. The second kappa shape index (κ2) is 4.91. The van der Waals surface area contributed by atoms with Gasteiger partial charge in [-0.3, -0.25) is 4.79 Å². The molecular weight excluding hydrogens is 196 g/mol. The average molecular weight is 212 g/mol. The smallest absolute Gasteiger partial charge is 0.318 e. The molecule has 0 N–H and O–H groups in total. The van der Waals surface area contributed by atoms with Crippen molar-refractivity contribution in [3.8, 4) is 0 Å². The first kappa shape index (κ1) is 11.7. The van der Waals surface area contributed by atoms with E-state index in [1.807, 2.05) is 13.8 Å². The molecule has 0 spiro atoms. The summed E-state index contributed by atoms with van der Waals surface area (Å²) in [7, 11) is 0. The Morgan fingerprint density at radius 1 is 1.53 bits per heavy atom. The quantitative estimate of drug-likeness (QED) is 0.710. The molecule has 0 aromatic carbocycles. The highest BCUT2D eigenvalue weighted by Gasteiger charge is 2.30. The van der Waals surface area contributed by atoms with Gasteiger partial charge in [0.1, 0.15) is 5.92 Å². The number of nitrogens with zero attached hydrogens (tertiary/aromatic N) is 2. The Morgan fingerprint density at radius 3 is 2.60 bits per heavy atom. The molecule has 1 atom stereocenters. The zero-order chi connectivity index (χ0) is 11.4. The van der Waals surface area contributed by atoms with Crippen LogP contribution in [0.25, 0.3) is 0 Å². The molecule has 0 aliphatic heterocycles. The van der Waals surface area contributed by atoms with Gasteiger partial charge in [-0.15, -0.1) is 0 Å². The van der Waals surface area contributed by atoms with Crippen molar-refractivity contribution in [2.45, 2.75) is 33.6 Å². The van der Waals surface area contributed by atoms with Gasteiger partial charge >= 0.3 is 5.97 Å². The molecule has 0 radical (unpaired) electrons. The first-order valence-corrected chi connectivity index (χ1v) is 5.03. The number of ether oxygens (including phenoxy) is 1. The molecule has 1 heterocycles. The Morgan fingerprint density at radius 2 is 2.20 bits per heavy atom. The Kier molecular flexibility index (Phi) is 3.82. The van der Waals surface area contributed by atoms with Gasteiger partial charge in [0.05, 0.1) is 6.61 Å². The minimum atomic E-state index is -0.467. The van der Waals surface area contributed by atoms with E-state index in [1.54, 1.807) is 13.8 Å². The fourth-order valence-electron chi connectivity index (χ4n) is 1.33. The van der Waals surface area contributed by atoms with E-state index in [-0.39, 0.29) is 11.9 Å². The van der Waals surface area contributed by atoms with Crippen LogP contribution in [0, 0.1) is 12.8 Å². The standard InChI is InChI=1S/C10H16N2O3/c1-5-14-10(13)8(6(2)3)9-11-7(4)12-15-9/h6,8H,5H2,1-4H3. The minimum Gasteiger partial charge on any atom is -0.465 e. The molecule has 0 aliphatic carbocycles. The fraction of sp³-hybridized carbons (Fsp3) is 0.700. The van der Waals surface area contributed by atoms with Crippen LogP contribution < -0.4 is 0 Å². The molecule has 1 aromatic rings. The summed E-state index contributed by atoms with van der Waals surface area (Å²) in [5, 5.41) is 3.67. The number of carbonyl (C=O) groups excluding carboxylic acids is 1. The third-order valence-corrected chi connectivity index (χ3v) is 2.02. The second-order valence-corrected chi connectivity index (χ2v) is 3.65. The Labute approximate surface area is 88.8 Å². The van der Waals surface area contributed by atoms with E-state index in [0.717, 1.165) is 0 Å². The Balaban J connectivity index is 2.88. The molecule has 0 aliphatic rings. The largest absolute Gasteiger partial charge is 0.465 e. The summed E-state index contributed by atoms with van der Waals surface area (Å²) in [4.78, 5) is 15.7. The number of hydrogen-bond acceptors (Lipinski definition) is 5. The molecule has 0 saturated carbocycles. The van der Waals surface area contributed by atoms with Gasteiger partial charge in [0.25, 0.3) is 0 Å². The van der Waals surface area contributed by atoms with E-state index >= 15 is 0 Å². The minimum absolute atomic E-state index is 0.0731. The molecule has 84 valence electrons. The predicted molar refractivity (Wildman–Crippen MR) is 53.2 cm³/mol.